The number of amides is 1. The fourth-order valence-corrected chi connectivity index (χ4v) is 2.82. The van der Waals surface area contributed by atoms with Crippen molar-refractivity contribution in [1.82, 2.24) is 14.8 Å². The third-order valence-corrected chi connectivity index (χ3v) is 4.39. The van der Waals surface area contributed by atoms with Crippen LogP contribution in [-0.2, 0) is 6.54 Å². The van der Waals surface area contributed by atoms with Crippen molar-refractivity contribution in [1.29, 1.82) is 0 Å². The Morgan fingerprint density at radius 3 is 2.41 bits per heavy atom. The molecule has 7 heteroatoms. The van der Waals surface area contributed by atoms with E-state index in [0.29, 0.717) is 23.6 Å². The van der Waals surface area contributed by atoms with E-state index >= 15 is 0 Å². The molecule has 0 aliphatic carbocycles. The smallest absolute Gasteiger partial charge is 0.256 e. The number of anilines is 3. The van der Waals surface area contributed by atoms with Gasteiger partial charge in [0.15, 0.2) is 5.82 Å². The first-order valence-corrected chi connectivity index (χ1v) is 9.14. The van der Waals surface area contributed by atoms with Gasteiger partial charge >= 0.3 is 0 Å². The van der Waals surface area contributed by atoms with E-state index in [2.05, 4.69) is 20.7 Å². The fourth-order valence-electron chi connectivity index (χ4n) is 2.82. The van der Waals surface area contributed by atoms with Gasteiger partial charge in [-0.3, -0.25) is 9.78 Å². The molecule has 1 amide bonds. The van der Waals surface area contributed by atoms with Crippen LogP contribution in [0.1, 0.15) is 15.9 Å². The topological polar surface area (TPSA) is 97.9 Å². The minimum absolute atomic E-state index is 0.261. The molecule has 0 atom stereocenters. The molecule has 0 aliphatic heterocycles. The molecule has 0 spiro atoms. The zero-order valence-electron chi connectivity index (χ0n) is 15.6. The van der Waals surface area contributed by atoms with Gasteiger partial charge in [0, 0.05) is 30.2 Å². The van der Waals surface area contributed by atoms with Crippen molar-refractivity contribution in [2.24, 2.45) is 0 Å². The molecular weight excluding hydrogens is 364 g/mol. The Morgan fingerprint density at radius 2 is 1.69 bits per heavy atom. The molecule has 0 fully saturated rings. The van der Waals surface area contributed by atoms with Crippen molar-refractivity contribution >= 4 is 23.1 Å². The van der Waals surface area contributed by atoms with Gasteiger partial charge in [0.25, 0.3) is 5.91 Å². The number of carbonyl (C=O) groups is 1. The largest absolute Gasteiger partial charge is 0.394 e. The van der Waals surface area contributed by atoms with Crippen LogP contribution in [0, 0.1) is 0 Å². The number of nitrogens with zero attached hydrogens (tertiary/aromatic N) is 3. The Kier molecular flexibility index (Phi) is 5.20. The monoisotopic (exact) mass is 384 g/mol. The lowest BCUT2D eigenvalue weighted by molar-refractivity contribution is 0.102. The Morgan fingerprint density at radius 1 is 0.966 bits per heavy atom. The predicted molar refractivity (Wildman–Crippen MR) is 114 cm³/mol. The summed E-state index contributed by atoms with van der Waals surface area (Å²) in [5.74, 6) is 0.0749. The van der Waals surface area contributed by atoms with E-state index in [9.17, 15) is 4.79 Å². The molecule has 4 rings (SSSR count). The molecule has 4 aromatic rings. The molecule has 0 aliphatic rings. The molecule has 4 N–H and O–H groups in total. The van der Waals surface area contributed by atoms with Crippen LogP contribution >= 0.6 is 0 Å². The maximum Gasteiger partial charge on any atom is 0.256 e. The van der Waals surface area contributed by atoms with E-state index in [1.807, 2.05) is 54.6 Å². The Balaban J connectivity index is 1.40. The standard InChI is InChI=1S/C22H20N6O/c23-20-15-28(19-4-2-1-3-5-19)27-21(20)26-22(29)17-8-6-16(7-9-17)14-25-18-10-12-24-13-11-18/h1-13,15H,14,23H2,(H,24,25)(H,26,27,29). The van der Waals surface area contributed by atoms with Gasteiger partial charge in [-0.05, 0) is 42.0 Å². The van der Waals surface area contributed by atoms with Gasteiger partial charge in [-0.1, -0.05) is 30.3 Å². The molecule has 0 saturated heterocycles. The number of nitrogen functional groups attached to an aromatic ring is 1. The normalized spacial score (nSPS) is 10.5. The number of rotatable bonds is 6. The average Bonchev–Trinajstić information content (AvgIpc) is 3.14. The average molecular weight is 384 g/mol. The molecule has 0 bridgehead atoms. The first kappa shape index (κ1) is 18.2. The quantitative estimate of drug-likeness (QED) is 0.471. The van der Waals surface area contributed by atoms with Crippen molar-refractivity contribution in [3.63, 3.8) is 0 Å². The Bertz CT molecular complexity index is 1090. The number of hydrogen-bond donors (Lipinski definition) is 3. The summed E-state index contributed by atoms with van der Waals surface area (Å²) < 4.78 is 1.64. The van der Waals surface area contributed by atoms with Gasteiger partial charge in [-0.15, -0.1) is 5.10 Å². The van der Waals surface area contributed by atoms with Crippen LogP contribution in [-0.4, -0.2) is 20.7 Å². The second-order valence-electron chi connectivity index (χ2n) is 6.45. The zero-order chi connectivity index (χ0) is 20.1. The highest BCUT2D eigenvalue weighted by Crippen LogP contribution is 2.19. The van der Waals surface area contributed by atoms with E-state index in [4.69, 9.17) is 5.73 Å². The van der Waals surface area contributed by atoms with E-state index in [0.717, 1.165) is 16.9 Å². The highest BCUT2D eigenvalue weighted by Gasteiger charge is 2.12. The zero-order valence-corrected chi connectivity index (χ0v) is 15.6. The van der Waals surface area contributed by atoms with E-state index in [1.165, 1.54) is 0 Å². The number of aromatic nitrogens is 3. The number of benzene rings is 2. The van der Waals surface area contributed by atoms with Gasteiger partial charge in [0.05, 0.1) is 17.6 Å². The third kappa shape index (κ3) is 4.41. The Hall–Kier alpha value is -4.13. The summed E-state index contributed by atoms with van der Waals surface area (Å²) in [4.78, 5) is 16.6. The second-order valence-corrected chi connectivity index (χ2v) is 6.45. The number of pyridine rings is 1. The SMILES string of the molecule is Nc1cn(-c2ccccc2)nc1NC(=O)c1ccc(CNc2ccncc2)cc1. The van der Waals surface area contributed by atoms with E-state index in [-0.39, 0.29) is 5.91 Å². The van der Waals surface area contributed by atoms with Crippen LogP contribution in [0.25, 0.3) is 5.69 Å². The number of hydrogen-bond acceptors (Lipinski definition) is 5. The lowest BCUT2D eigenvalue weighted by atomic mass is 10.1. The van der Waals surface area contributed by atoms with Crippen LogP contribution in [0.2, 0.25) is 0 Å². The molecule has 0 radical (unpaired) electrons. The lowest BCUT2D eigenvalue weighted by Crippen LogP contribution is -2.13. The van der Waals surface area contributed by atoms with Crippen LogP contribution in [0.15, 0.2) is 85.3 Å². The molecule has 7 nitrogen and oxygen atoms in total. The lowest BCUT2D eigenvalue weighted by Gasteiger charge is -2.07. The third-order valence-electron chi connectivity index (χ3n) is 4.39. The molecule has 2 aromatic carbocycles. The Labute approximate surface area is 168 Å². The number of carbonyl (C=O) groups excluding carboxylic acids is 1. The van der Waals surface area contributed by atoms with E-state index in [1.54, 1.807) is 35.4 Å². The minimum Gasteiger partial charge on any atom is -0.394 e. The molecule has 144 valence electrons. The summed E-state index contributed by atoms with van der Waals surface area (Å²) >= 11 is 0. The summed E-state index contributed by atoms with van der Waals surface area (Å²) in [6.07, 6.45) is 5.15. The highest BCUT2D eigenvalue weighted by atomic mass is 16.1. The van der Waals surface area contributed by atoms with Crippen LogP contribution in [0.5, 0.6) is 0 Å². The summed E-state index contributed by atoms with van der Waals surface area (Å²) in [5.41, 5.74) is 9.87. The van der Waals surface area contributed by atoms with E-state index < -0.39 is 0 Å². The van der Waals surface area contributed by atoms with Crippen LogP contribution in [0.3, 0.4) is 0 Å². The molecule has 0 saturated carbocycles. The summed E-state index contributed by atoms with van der Waals surface area (Å²) in [6.45, 7) is 0.653. The summed E-state index contributed by atoms with van der Waals surface area (Å²) in [7, 11) is 0. The molecular formula is C22H20N6O. The number of para-hydroxylation sites is 1. The molecule has 29 heavy (non-hydrogen) atoms. The van der Waals surface area contributed by atoms with Crippen molar-refractivity contribution in [3.05, 3.63) is 96.4 Å². The minimum atomic E-state index is -0.261. The van der Waals surface area contributed by atoms with Gasteiger partial charge in [-0.2, -0.15) is 0 Å². The van der Waals surface area contributed by atoms with Gasteiger partial charge in [0.1, 0.15) is 0 Å². The second kappa shape index (κ2) is 8.26. The molecule has 2 aromatic heterocycles. The van der Waals surface area contributed by atoms with Gasteiger partial charge in [-0.25, -0.2) is 4.68 Å². The fraction of sp³-hybridized carbons (Fsp3) is 0.0455. The number of nitrogens with two attached hydrogens (primary N) is 1. The van der Waals surface area contributed by atoms with Gasteiger partial charge in [0.2, 0.25) is 0 Å². The van der Waals surface area contributed by atoms with Crippen molar-refractivity contribution in [2.75, 3.05) is 16.4 Å². The molecule has 0 unspecified atom stereocenters. The van der Waals surface area contributed by atoms with Crippen LogP contribution in [0.4, 0.5) is 17.2 Å². The maximum absolute atomic E-state index is 12.6. The predicted octanol–water partition coefficient (Wildman–Crippen LogP) is 3.71. The summed E-state index contributed by atoms with van der Waals surface area (Å²) in [6, 6.07) is 20.8. The first-order valence-electron chi connectivity index (χ1n) is 9.14. The number of nitrogens with one attached hydrogen (secondary N) is 2. The van der Waals surface area contributed by atoms with Crippen LogP contribution < -0.4 is 16.4 Å². The van der Waals surface area contributed by atoms with Gasteiger partial charge < -0.3 is 16.4 Å². The highest BCUT2D eigenvalue weighted by molar-refractivity contribution is 6.05. The summed E-state index contributed by atoms with van der Waals surface area (Å²) in [5, 5.41) is 10.5. The molecule has 2 heterocycles. The first-order chi connectivity index (χ1) is 14.2. The van der Waals surface area contributed by atoms with Crippen molar-refractivity contribution in [2.45, 2.75) is 6.54 Å². The van der Waals surface area contributed by atoms with Crippen molar-refractivity contribution < 1.29 is 4.79 Å². The maximum atomic E-state index is 12.6. The van der Waals surface area contributed by atoms with Crippen molar-refractivity contribution in [3.8, 4) is 5.69 Å².